The Balaban J connectivity index is 1.56. The standard InChI is InChI=1S/C21H23N3O2/c1-16(18-11-7-4-8-12-18)22-21(25)20-13-19(26-23-20)15-24(2)14-17-9-5-3-6-10-17/h3-13,16H,14-15H2,1-2H3,(H,22,25)/t16-/m0/s1. The Bertz CT molecular complexity index is 831. The Hall–Kier alpha value is -2.92. The molecule has 0 saturated heterocycles. The number of benzene rings is 2. The second kappa shape index (κ2) is 8.45. The zero-order valence-corrected chi connectivity index (χ0v) is 15.1. The minimum Gasteiger partial charge on any atom is -0.359 e. The summed E-state index contributed by atoms with van der Waals surface area (Å²) in [5.74, 6) is 0.433. The number of nitrogens with one attached hydrogen (secondary N) is 1. The maximum atomic E-state index is 12.4. The summed E-state index contributed by atoms with van der Waals surface area (Å²) in [6.45, 7) is 3.33. The van der Waals surface area contributed by atoms with Crippen molar-refractivity contribution >= 4 is 5.91 Å². The van der Waals surface area contributed by atoms with Crippen LogP contribution in [0.3, 0.4) is 0 Å². The van der Waals surface area contributed by atoms with Gasteiger partial charge in [-0.05, 0) is 25.1 Å². The van der Waals surface area contributed by atoms with Crippen molar-refractivity contribution in [2.75, 3.05) is 7.05 Å². The molecule has 0 aliphatic carbocycles. The first-order valence-corrected chi connectivity index (χ1v) is 8.65. The number of amides is 1. The van der Waals surface area contributed by atoms with Gasteiger partial charge in [0.2, 0.25) is 0 Å². The molecule has 2 aromatic carbocycles. The summed E-state index contributed by atoms with van der Waals surface area (Å²) in [4.78, 5) is 14.5. The molecule has 1 atom stereocenters. The molecular weight excluding hydrogens is 326 g/mol. The van der Waals surface area contributed by atoms with E-state index in [0.29, 0.717) is 18.0 Å². The number of carbonyl (C=O) groups excluding carboxylic acids is 1. The second-order valence-electron chi connectivity index (χ2n) is 6.44. The number of nitrogens with zero attached hydrogens (tertiary/aromatic N) is 2. The topological polar surface area (TPSA) is 58.4 Å². The first kappa shape index (κ1) is 17.9. The summed E-state index contributed by atoms with van der Waals surface area (Å²) >= 11 is 0. The molecule has 5 heteroatoms. The third-order valence-electron chi connectivity index (χ3n) is 4.16. The summed E-state index contributed by atoms with van der Waals surface area (Å²) in [5, 5.41) is 6.85. The summed E-state index contributed by atoms with van der Waals surface area (Å²) in [7, 11) is 2.01. The van der Waals surface area contributed by atoms with Crippen molar-refractivity contribution in [3.63, 3.8) is 0 Å². The lowest BCUT2D eigenvalue weighted by molar-refractivity contribution is 0.0930. The monoisotopic (exact) mass is 349 g/mol. The van der Waals surface area contributed by atoms with E-state index in [9.17, 15) is 4.79 Å². The van der Waals surface area contributed by atoms with Crippen LogP contribution in [0.1, 0.15) is 40.3 Å². The van der Waals surface area contributed by atoms with E-state index >= 15 is 0 Å². The van der Waals surface area contributed by atoms with Crippen LogP contribution in [0.5, 0.6) is 0 Å². The molecule has 0 bridgehead atoms. The van der Waals surface area contributed by atoms with Crippen LogP contribution in [0.2, 0.25) is 0 Å². The van der Waals surface area contributed by atoms with Crippen LogP contribution in [0.25, 0.3) is 0 Å². The lowest BCUT2D eigenvalue weighted by Gasteiger charge is -2.14. The normalized spacial score (nSPS) is 12.1. The molecule has 0 aliphatic heterocycles. The fraction of sp³-hybridized carbons (Fsp3) is 0.238. The van der Waals surface area contributed by atoms with Crippen LogP contribution >= 0.6 is 0 Å². The first-order valence-electron chi connectivity index (χ1n) is 8.65. The zero-order valence-electron chi connectivity index (χ0n) is 15.1. The molecule has 1 heterocycles. The van der Waals surface area contributed by atoms with Crippen molar-refractivity contribution in [2.24, 2.45) is 0 Å². The smallest absolute Gasteiger partial charge is 0.273 e. The molecule has 0 aliphatic rings. The molecule has 0 saturated carbocycles. The van der Waals surface area contributed by atoms with Gasteiger partial charge in [-0.25, -0.2) is 0 Å². The van der Waals surface area contributed by atoms with Gasteiger partial charge in [0.25, 0.3) is 5.91 Å². The van der Waals surface area contributed by atoms with Crippen molar-refractivity contribution in [3.05, 3.63) is 89.3 Å². The highest BCUT2D eigenvalue weighted by Gasteiger charge is 2.16. The van der Waals surface area contributed by atoms with Crippen LogP contribution in [-0.2, 0) is 13.1 Å². The van der Waals surface area contributed by atoms with Crippen molar-refractivity contribution < 1.29 is 9.32 Å². The van der Waals surface area contributed by atoms with E-state index in [-0.39, 0.29) is 11.9 Å². The van der Waals surface area contributed by atoms with Crippen molar-refractivity contribution in [2.45, 2.75) is 26.1 Å². The van der Waals surface area contributed by atoms with Gasteiger partial charge in [-0.15, -0.1) is 0 Å². The molecule has 134 valence electrons. The summed E-state index contributed by atoms with van der Waals surface area (Å²) in [6, 6.07) is 21.6. The predicted octanol–water partition coefficient (Wildman–Crippen LogP) is 3.80. The zero-order chi connectivity index (χ0) is 18.4. The van der Waals surface area contributed by atoms with E-state index in [1.165, 1.54) is 5.56 Å². The van der Waals surface area contributed by atoms with E-state index in [1.54, 1.807) is 6.07 Å². The third-order valence-corrected chi connectivity index (χ3v) is 4.16. The van der Waals surface area contributed by atoms with Crippen molar-refractivity contribution in [3.8, 4) is 0 Å². The Labute approximate surface area is 153 Å². The SMILES string of the molecule is C[C@H](NC(=O)c1cc(CN(C)Cc2ccccc2)on1)c1ccccc1. The fourth-order valence-corrected chi connectivity index (χ4v) is 2.81. The first-order chi connectivity index (χ1) is 12.6. The average molecular weight is 349 g/mol. The minimum atomic E-state index is -0.234. The summed E-state index contributed by atoms with van der Waals surface area (Å²) in [5.41, 5.74) is 2.58. The molecule has 26 heavy (non-hydrogen) atoms. The van der Waals surface area contributed by atoms with Gasteiger partial charge in [0, 0.05) is 12.6 Å². The molecule has 1 amide bonds. The Morgan fingerprint density at radius 1 is 1.08 bits per heavy atom. The van der Waals surface area contributed by atoms with Crippen molar-refractivity contribution in [1.29, 1.82) is 0 Å². The average Bonchev–Trinajstić information content (AvgIpc) is 3.11. The number of aromatic nitrogens is 1. The highest BCUT2D eigenvalue weighted by atomic mass is 16.5. The minimum absolute atomic E-state index is 0.0930. The van der Waals surface area contributed by atoms with Gasteiger partial charge in [0.05, 0.1) is 12.6 Å². The van der Waals surface area contributed by atoms with E-state index in [4.69, 9.17) is 4.52 Å². The number of hydrogen-bond donors (Lipinski definition) is 1. The van der Waals surface area contributed by atoms with Gasteiger partial charge in [0.15, 0.2) is 11.5 Å². The Kier molecular flexibility index (Phi) is 5.81. The molecule has 0 spiro atoms. The van der Waals surface area contributed by atoms with Crippen LogP contribution in [0.4, 0.5) is 0 Å². The van der Waals surface area contributed by atoms with Gasteiger partial charge in [-0.2, -0.15) is 0 Å². The number of carbonyl (C=O) groups is 1. The van der Waals surface area contributed by atoms with E-state index in [0.717, 1.165) is 12.1 Å². The largest absolute Gasteiger partial charge is 0.359 e. The second-order valence-corrected chi connectivity index (χ2v) is 6.44. The third kappa shape index (κ3) is 4.80. The number of rotatable bonds is 7. The molecule has 3 aromatic rings. The summed E-state index contributed by atoms with van der Waals surface area (Å²) < 4.78 is 5.33. The van der Waals surface area contributed by atoms with Crippen LogP contribution in [0.15, 0.2) is 71.3 Å². The molecule has 3 rings (SSSR count). The van der Waals surface area contributed by atoms with Crippen LogP contribution in [0, 0.1) is 0 Å². The fourth-order valence-electron chi connectivity index (χ4n) is 2.81. The maximum absolute atomic E-state index is 12.4. The van der Waals surface area contributed by atoms with Crippen LogP contribution in [-0.4, -0.2) is 23.0 Å². The molecule has 0 fully saturated rings. The molecular formula is C21H23N3O2. The molecule has 1 N–H and O–H groups in total. The van der Waals surface area contributed by atoms with Gasteiger partial charge in [-0.1, -0.05) is 65.8 Å². The Morgan fingerprint density at radius 2 is 1.73 bits per heavy atom. The lowest BCUT2D eigenvalue weighted by atomic mass is 10.1. The van der Waals surface area contributed by atoms with Gasteiger partial charge in [0.1, 0.15) is 0 Å². The molecule has 0 radical (unpaired) electrons. The quantitative estimate of drug-likeness (QED) is 0.705. The highest BCUT2D eigenvalue weighted by Crippen LogP contribution is 2.14. The van der Waals surface area contributed by atoms with Gasteiger partial charge < -0.3 is 9.84 Å². The molecule has 5 nitrogen and oxygen atoms in total. The molecule has 0 unspecified atom stereocenters. The Morgan fingerprint density at radius 3 is 2.42 bits per heavy atom. The highest BCUT2D eigenvalue weighted by molar-refractivity contribution is 5.92. The predicted molar refractivity (Wildman–Crippen MR) is 100 cm³/mol. The van der Waals surface area contributed by atoms with E-state index in [1.807, 2.05) is 62.5 Å². The van der Waals surface area contributed by atoms with E-state index in [2.05, 4.69) is 27.5 Å². The van der Waals surface area contributed by atoms with E-state index < -0.39 is 0 Å². The lowest BCUT2D eigenvalue weighted by Crippen LogP contribution is -2.26. The molecule has 1 aromatic heterocycles. The van der Waals surface area contributed by atoms with Crippen LogP contribution < -0.4 is 5.32 Å². The van der Waals surface area contributed by atoms with Gasteiger partial charge in [-0.3, -0.25) is 9.69 Å². The maximum Gasteiger partial charge on any atom is 0.273 e. The number of hydrogen-bond acceptors (Lipinski definition) is 4. The summed E-state index contributed by atoms with van der Waals surface area (Å²) in [6.07, 6.45) is 0. The van der Waals surface area contributed by atoms with Crippen molar-refractivity contribution in [1.82, 2.24) is 15.4 Å². The van der Waals surface area contributed by atoms with Gasteiger partial charge >= 0.3 is 0 Å².